The van der Waals surface area contributed by atoms with Gasteiger partial charge < -0.3 is 10.2 Å². The normalized spacial score (nSPS) is 14.0. The van der Waals surface area contributed by atoms with E-state index in [-0.39, 0.29) is 17.6 Å². The lowest BCUT2D eigenvalue weighted by Crippen LogP contribution is -2.35. The molecule has 4 rings (SSSR count). The molecule has 3 aromatic carbocycles. The maximum Gasteiger partial charge on any atom is 0.258 e. The summed E-state index contributed by atoms with van der Waals surface area (Å²) >= 11 is 6.05. The fraction of sp³-hybridized carbons (Fsp3) is 0.200. The maximum absolute atomic E-state index is 13.1. The molecule has 0 bridgehead atoms. The lowest BCUT2D eigenvalue weighted by atomic mass is 9.93. The van der Waals surface area contributed by atoms with Gasteiger partial charge in [-0.2, -0.15) is 0 Å². The number of benzene rings is 3. The van der Waals surface area contributed by atoms with Gasteiger partial charge in [-0.1, -0.05) is 29.8 Å². The van der Waals surface area contributed by atoms with Crippen LogP contribution in [0.1, 0.15) is 40.7 Å². The summed E-state index contributed by atoms with van der Waals surface area (Å²) < 4.78 is 13.1. The summed E-state index contributed by atoms with van der Waals surface area (Å²) in [6.45, 7) is 2.47. The Morgan fingerprint density at radius 2 is 1.84 bits per heavy atom. The third-order valence-corrected chi connectivity index (χ3v) is 5.78. The van der Waals surface area contributed by atoms with Gasteiger partial charge >= 0.3 is 0 Å². The van der Waals surface area contributed by atoms with Crippen LogP contribution in [0.4, 0.5) is 15.8 Å². The number of hydrogen-bond acceptors (Lipinski definition) is 2. The second kappa shape index (κ2) is 8.90. The summed E-state index contributed by atoms with van der Waals surface area (Å²) in [6.07, 6.45) is 1.69. The van der Waals surface area contributed by atoms with Crippen molar-refractivity contribution in [2.24, 2.45) is 0 Å². The molecule has 6 heteroatoms. The van der Waals surface area contributed by atoms with Gasteiger partial charge in [-0.15, -0.1) is 0 Å². The minimum Gasteiger partial charge on any atom is -0.326 e. The van der Waals surface area contributed by atoms with Gasteiger partial charge in [0.2, 0.25) is 5.91 Å². The van der Waals surface area contributed by atoms with Gasteiger partial charge in [0.15, 0.2) is 0 Å². The molecule has 1 atom stereocenters. The first-order chi connectivity index (χ1) is 14.9. The highest BCUT2D eigenvalue weighted by Gasteiger charge is 2.25. The Hall–Kier alpha value is -3.18. The highest BCUT2D eigenvalue weighted by molar-refractivity contribution is 6.31. The molecular formula is C25H22ClFN2O2. The number of hydrogen-bond donors (Lipinski definition) is 1. The predicted octanol–water partition coefficient (Wildman–Crippen LogP) is 5.81. The highest BCUT2D eigenvalue weighted by Crippen LogP contribution is 2.32. The van der Waals surface area contributed by atoms with Gasteiger partial charge in [-0.05, 0) is 79.4 Å². The molecule has 4 nitrogen and oxygen atoms in total. The Morgan fingerprint density at radius 1 is 1.06 bits per heavy atom. The molecule has 158 valence electrons. The average Bonchev–Trinajstić information content (AvgIpc) is 2.78. The molecule has 0 aliphatic carbocycles. The molecule has 0 saturated carbocycles. The summed E-state index contributed by atoms with van der Waals surface area (Å²) in [5.74, 6) is -1.00. The Morgan fingerprint density at radius 3 is 2.58 bits per heavy atom. The number of amides is 2. The number of nitrogens with zero attached hydrogens (tertiary/aromatic N) is 1. The molecule has 2 amide bonds. The van der Waals surface area contributed by atoms with Crippen LogP contribution in [0.3, 0.4) is 0 Å². The second-order valence-corrected chi connectivity index (χ2v) is 8.11. The van der Waals surface area contributed by atoms with Gasteiger partial charge in [0.1, 0.15) is 5.82 Å². The maximum atomic E-state index is 13.1. The SMILES string of the molecule is CC(C(=O)Nc1ccc(F)cc1)c1ccc2c(c1)CCCN2C(=O)c1cccc(Cl)c1. The first-order valence-electron chi connectivity index (χ1n) is 10.2. The molecule has 0 spiro atoms. The third-order valence-electron chi connectivity index (χ3n) is 5.54. The van der Waals surface area contributed by atoms with E-state index in [9.17, 15) is 14.0 Å². The first-order valence-corrected chi connectivity index (χ1v) is 10.6. The van der Waals surface area contributed by atoms with Crippen LogP contribution in [0.15, 0.2) is 66.7 Å². The lowest BCUT2D eigenvalue weighted by molar-refractivity contribution is -0.117. The molecule has 0 saturated heterocycles. The minimum absolute atomic E-state index is 0.0849. The van der Waals surface area contributed by atoms with Gasteiger partial charge in [0.05, 0.1) is 5.92 Å². The fourth-order valence-corrected chi connectivity index (χ4v) is 4.00. The van der Waals surface area contributed by atoms with Crippen LogP contribution < -0.4 is 10.2 Å². The Balaban J connectivity index is 1.54. The van der Waals surface area contributed by atoms with Crippen molar-refractivity contribution >= 4 is 34.8 Å². The Labute approximate surface area is 185 Å². The third kappa shape index (κ3) is 4.62. The second-order valence-electron chi connectivity index (χ2n) is 7.68. The van der Waals surface area contributed by atoms with Crippen LogP contribution in [-0.4, -0.2) is 18.4 Å². The van der Waals surface area contributed by atoms with Crippen molar-refractivity contribution in [1.29, 1.82) is 0 Å². The Kier molecular flexibility index (Phi) is 6.05. The van der Waals surface area contributed by atoms with E-state index in [0.29, 0.717) is 22.8 Å². The minimum atomic E-state index is -0.394. The zero-order valence-corrected chi connectivity index (χ0v) is 17.8. The number of fused-ring (bicyclic) bond motifs is 1. The van der Waals surface area contributed by atoms with E-state index >= 15 is 0 Å². The largest absolute Gasteiger partial charge is 0.326 e. The van der Waals surface area contributed by atoms with E-state index in [4.69, 9.17) is 11.6 Å². The van der Waals surface area contributed by atoms with E-state index in [1.807, 2.05) is 25.1 Å². The van der Waals surface area contributed by atoms with Crippen molar-refractivity contribution in [2.75, 3.05) is 16.8 Å². The van der Waals surface area contributed by atoms with Crippen LogP contribution in [0.25, 0.3) is 0 Å². The molecule has 3 aromatic rings. The van der Waals surface area contributed by atoms with Gasteiger partial charge in [-0.3, -0.25) is 9.59 Å². The van der Waals surface area contributed by atoms with Crippen molar-refractivity contribution in [1.82, 2.24) is 0 Å². The van der Waals surface area contributed by atoms with Crippen molar-refractivity contribution < 1.29 is 14.0 Å². The van der Waals surface area contributed by atoms with Gasteiger partial charge in [0.25, 0.3) is 5.91 Å². The smallest absolute Gasteiger partial charge is 0.258 e. The molecule has 1 N–H and O–H groups in total. The van der Waals surface area contributed by atoms with Crippen molar-refractivity contribution in [3.05, 3.63) is 94.3 Å². The number of carbonyl (C=O) groups excluding carboxylic acids is 2. The number of halogens is 2. The van der Waals surface area contributed by atoms with Crippen molar-refractivity contribution in [2.45, 2.75) is 25.7 Å². The number of carbonyl (C=O) groups is 2. The number of rotatable bonds is 4. The van der Waals surface area contributed by atoms with E-state index in [1.165, 1.54) is 24.3 Å². The quantitative estimate of drug-likeness (QED) is 0.560. The molecule has 0 radical (unpaired) electrons. The number of aryl methyl sites for hydroxylation is 1. The van der Waals surface area contributed by atoms with Crippen LogP contribution in [0.5, 0.6) is 0 Å². The standard InChI is InChI=1S/C25H22ClFN2O2/c1-16(24(30)28-22-10-8-21(27)9-11-22)17-7-12-23-18(14-17)5-3-13-29(23)25(31)19-4-2-6-20(26)15-19/h2,4,6-12,14-16H,3,5,13H2,1H3,(H,28,30). The van der Waals surface area contributed by atoms with Crippen LogP contribution >= 0.6 is 11.6 Å². The van der Waals surface area contributed by atoms with E-state index < -0.39 is 5.92 Å². The predicted molar refractivity (Wildman–Crippen MR) is 121 cm³/mol. The fourth-order valence-electron chi connectivity index (χ4n) is 3.81. The zero-order chi connectivity index (χ0) is 22.0. The topological polar surface area (TPSA) is 49.4 Å². The lowest BCUT2D eigenvalue weighted by Gasteiger charge is -2.30. The van der Waals surface area contributed by atoms with Gasteiger partial charge in [0, 0.05) is 28.5 Å². The van der Waals surface area contributed by atoms with E-state index in [2.05, 4.69) is 5.32 Å². The molecule has 0 fully saturated rings. The van der Waals surface area contributed by atoms with Crippen molar-refractivity contribution in [3.8, 4) is 0 Å². The number of anilines is 2. The van der Waals surface area contributed by atoms with Gasteiger partial charge in [-0.25, -0.2) is 4.39 Å². The van der Waals surface area contributed by atoms with E-state index in [0.717, 1.165) is 29.7 Å². The summed E-state index contributed by atoms with van der Waals surface area (Å²) in [4.78, 5) is 27.5. The molecule has 1 aliphatic rings. The van der Waals surface area contributed by atoms with E-state index in [1.54, 1.807) is 29.2 Å². The molecule has 1 unspecified atom stereocenters. The summed E-state index contributed by atoms with van der Waals surface area (Å²) in [6, 6.07) is 18.4. The summed E-state index contributed by atoms with van der Waals surface area (Å²) in [7, 11) is 0. The number of nitrogens with one attached hydrogen (secondary N) is 1. The summed E-state index contributed by atoms with van der Waals surface area (Å²) in [5.41, 5.74) is 3.88. The molecule has 1 heterocycles. The molecule has 31 heavy (non-hydrogen) atoms. The van der Waals surface area contributed by atoms with Crippen LogP contribution in [0, 0.1) is 5.82 Å². The molecular weight excluding hydrogens is 415 g/mol. The summed E-state index contributed by atoms with van der Waals surface area (Å²) in [5, 5.41) is 3.35. The zero-order valence-electron chi connectivity index (χ0n) is 17.1. The van der Waals surface area contributed by atoms with Crippen LogP contribution in [-0.2, 0) is 11.2 Å². The molecule has 0 aromatic heterocycles. The highest BCUT2D eigenvalue weighted by atomic mass is 35.5. The molecule has 1 aliphatic heterocycles. The first kappa shape index (κ1) is 21.1. The Bertz CT molecular complexity index is 1130. The average molecular weight is 437 g/mol. The monoisotopic (exact) mass is 436 g/mol. The van der Waals surface area contributed by atoms with Crippen molar-refractivity contribution in [3.63, 3.8) is 0 Å². The van der Waals surface area contributed by atoms with Crippen LogP contribution in [0.2, 0.25) is 5.02 Å².